The molecule has 16 nitrogen and oxygen atoms in total. The molecule has 59 heavy (non-hydrogen) atoms. The van der Waals surface area contributed by atoms with Crippen LogP contribution in [-0.2, 0) is 51.0 Å². The fourth-order valence-electron chi connectivity index (χ4n) is 7.47. The highest BCUT2D eigenvalue weighted by atomic mass is 31.2. The molecule has 2 aromatic rings. The largest absolute Gasteiger partial charge is 0.467 e. The van der Waals surface area contributed by atoms with E-state index < -0.39 is 79.2 Å². The molecule has 6 atom stereocenters. The summed E-state index contributed by atoms with van der Waals surface area (Å²) in [6.07, 6.45) is 1.83. The Kier molecular flexibility index (Phi) is 18.4. The summed E-state index contributed by atoms with van der Waals surface area (Å²) in [6.45, 7) is 4.77. The summed E-state index contributed by atoms with van der Waals surface area (Å²) in [5, 5.41) is 8.26. The minimum atomic E-state index is -4.34. The van der Waals surface area contributed by atoms with Crippen LogP contribution in [0.25, 0.3) is 0 Å². The van der Waals surface area contributed by atoms with Crippen LogP contribution in [0.3, 0.4) is 0 Å². The van der Waals surface area contributed by atoms with Gasteiger partial charge in [-0.25, -0.2) is 9.59 Å². The predicted molar refractivity (Wildman–Crippen MR) is 221 cm³/mol. The van der Waals surface area contributed by atoms with Gasteiger partial charge in [0.15, 0.2) is 0 Å². The lowest BCUT2D eigenvalue weighted by atomic mass is 10.0. The Morgan fingerprint density at radius 2 is 1.41 bits per heavy atom. The van der Waals surface area contributed by atoms with Crippen molar-refractivity contribution in [2.45, 2.75) is 115 Å². The van der Waals surface area contributed by atoms with Gasteiger partial charge in [0, 0.05) is 32.1 Å². The van der Waals surface area contributed by atoms with E-state index in [1.54, 1.807) is 30.3 Å². The molecule has 0 radical (unpaired) electrons. The summed E-state index contributed by atoms with van der Waals surface area (Å²) < 4.78 is 24.6. The van der Waals surface area contributed by atoms with Crippen LogP contribution in [0, 0.1) is 5.92 Å². The van der Waals surface area contributed by atoms with Gasteiger partial charge in [-0.2, -0.15) is 0 Å². The lowest BCUT2D eigenvalue weighted by Gasteiger charge is -2.29. The molecule has 0 bridgehead atoms. The number of carbonyl (C=O) groups excluding carboxylic acids is 6. The number of nitrogens with zero attached hydrogens (tertiary/aromatic N) is 2. The molecule has 0 aromatic heterocycles. The molecule has 5 amide bonds. The van der Waals surface area contributed by atoms with Crippen LogP contribution in [0.4, 0.5) is 4.79 Å². The lowest BCUT2D eigenvalue weighted by molar-refractivity contribution is -0.146. The van der Waals surface area contributed by atoms with Crippen LogP contribution >= 0.6 is 7.37 Å². The number of hydrogen-bond donors (Lipinski definition) is 5. The molecule has 2 aliphatic heterocycles. The van der Waals surface area contributed by atoms with Gasteiger partial charge in [0.1, 0.15) is 36.6 Å². The van der Waals surface area contributed by atoms with Crippen molar-refractivity contribution in [2.75, 3.05) is 32.9 Å². The molecule has 4 rings (SSSR count). The maximum absolute atomic E-state index is 14.2. The number of carbonyl (C=O) groups is 6. The molecule has 2 heterocycles. The molecule has 2 aromatic carbocycles. The first-order valence-corrected chi connectivity index (χ1v) is 22.5. The van der Waals surface area contributed by atoms with Crippen LogP contribution in [0.15, 0.2) is 60.7 Å². The number of methoxy groups -OCH3 is 1. The Bertz CT molecular complexity index is 1770. The molecule has 2 aliphatic rings. The van der Waals surface area contributed by atoms with Gasteiger partial charge in [-0.1, -0.05) is 74.5 Å². The topological polar surface area (TPSA) is 227 Å². The van der Waals surface area contributed by atoms with Gasteiger partial charge in [-0.3, -0.25) is 28.6 Å². The van der Waals surface area contributed by atoms with E-state index in [1.807, 2.05) is 44.2 Å². The van der Waals surface area contributed by atoms with Crippen molar-refractivity contribution >= 4 is 43.1 Å². The Morgan fingerprint density at radius 3 is 2.00 bits per heavy atom. The zero-order valence-electron chi connectivity index (χ0n) is 34.4. The molecule has 5 unspecified atom stereocenters. The number of rotatable bonds is 21. The molecule has 0 spiro atoms. The van der Waals surface area contributed by atoms with Crippen molar-refractivity contribution in [3.8, 4) is 0 Å². The van der Waals surface area contributed by atoms with E-state index in [0.717, 1.165) is 5.56 Å². The monoisotopic (exact) mass is 840 g/mol. The fourth-order valence-corrected chi connectivity index (χ4v) is 9.12. The molecular weight excluding hydrogens is 779 g/mol. The van der Waals surface area contributed by atoms with E-state index in [4.69, 9.17) is 15.2 Å². The van der Waals surface area contributed by atoms with Crippen LogP contribution < -0.4 is 21.7 Å². The summed E-state index contributed by atoms with van der Waals surface area (Å²) >= 11 is 0. The van der Waals surface area contributed by atoms with E-state index in [-0.39, 0.29) is 38.3 Å². The minimum absolute atomic E-state index is 0.0358. The van der Waals surface area contributed by atoms with Crippen LogP contribution in [0.1, 0.15) is 82.8 Å². The zero-order valence-corrected chi connectivity index (χ0v) is 35.3. The molecule has 0 saturated carbocycles. The van der Waals surface area contributed by atoms with Crippen molar-refractivity contribution in [1.82, 2.24) is 25.8 Å². The molecule has 2 fully saturated rings. The first-order valence-electron chi connectivity index (χ1n) is 20.5. The van der Waals surface area contributed by atoms with Gasteiger partial charge in [0.25, 0.3) is 0 Å². The standard InChI is InChI=1S/C42H61N6O10P/c1-29(2)26-33(41(53)57-3)45-39(51)34-19-12-23-47(34)37(49)21-25-59(55,56)36(27-30-14-6-4-7-15-30)46-38(50)32(18-10-11-22-43)44-40(52)35-20-13-24-48(35)42(54)58-28-31-16-8-5-9-17-31/h4-9,14-17,29,32-36H,10-13,18-28,43H2,1-3H3,(H,44,52)(H,45,51)(H,46,50)(H,55,56)/t32-,33?,34?,35?,36?/m0/s1. The van der Waals surface area contributed by atoms with E-state index in [0.29, 0.717) is 63.6 Å². The van der Waals surface area contributed by atoms with Gasteiger partial charge in [0.05, 0.1) is 7.11 Å². The Morgan fingerprint density at radius 1 is 0.831 bits per heavy atom. The van der Waals surface area contributed by atoms with Gasteiger partial charge in [-0.05, 0) is 75.0 Å². The molecular formula is C42H61N6O10P. The second-order valence-electron chi connectivity index (χ2n) is 15.6. The number of nitrogens with two attached hydrogens (primary N) is 1. The predicted octanol–water partition coefficient (Wildman–Crippen LogP) is 3.44. The summed E-state index contributed by atoms with van der Waals surface area (Å²) in [7, 11) is -3.10. The summed E-state index contributed by atoms with van der Waals surface area (Å²) in [4.78, 5) is 94.5. The van der Waals surface area contributed by atoms with E-state index in [9.17, 15) is 38.2 Å². The third kappa shape index (κ3) is 14.2. The van der Waals surface area contributed by atoms with E-state index in [1.165, 1.54) is 16.9 Å². The van der Waals surface area contributed by atoms with Crippen molar-refractivity contribution < 1.29 is 47.7 Å². The SMILES string of the molecule is COC(=O)C(CC(C)C)NC(=O)C1CCCN1C(=O)CCP(=O)(O)C(Cc1ccccc1)NC(=O)[C@H](CCCCN)NC(=O)C1CCCN1C(=O)OCc1ccccc1. The highest BCUT2D eigenvalue weighted by molar-refractivity contribution is 7.58. The number of amides is 5. The van der Waals surface area contributed by atoms with Gasteiger partial charge in [0.2, 0.25) is 31.0 Å². The number of nitrogens with one attached hydrogen (secondary N) is 3. The van der Waals surface area contributed by atoms with E-state index >= 15 is 0 Å². The third-order valence-corrected chi connectivity index (χ3v) is 12.8. The van der Waals surface area contributed by atoms with Crippen LogP contribution in [0.5, 0.6) is 0 Å². The second-order valence-corrected chi connectivity index (χ2v) is 18.2. The Balaban J connectivity index is 1.45. The second kappa shape index (κ2) is 23.1. The molecule has 17 heteroatoms. The summed E-state index contributed by atoms with van der Waals surface area (Å²) in [5.41, 5.74) is 7.19. The Labute approximate surface area is 346 Å². The lowest BCUT2D eigenvalue weighted by Crippen LogP contribution is -2.54. The molecule has 324 valence electrons. The average Bonchev–Trinajstić information content (AvgIpc) is 3.93. The number of esters is 1. The number of likely N-dealkylation sites (tertiary alicyclic amines) is 2. The fraction of sp³-hybridized carbons (Fsp3) is 0.571. The highest BCUT2D eigenvalue weighted by Gasteiger charge is 2.40. The average molecular weight is 841 g/mol. The van der Waals surface area contributed by atoms with E-state index in [2.05, 4.69) is 16.0 Å². The molecule has 0 aliphatic carbocycles. The molecule has 2 saturated heterocycles. The number of benzene rings is 2. The van der Waals surface area contributed by atoms with Gasteiger partial charge in [-0.15, -0.1) is 0 Å². The van der Waals surface area contributed by atoms with Crippen molar-refractivity contribution in [2.24, 2.45) is 11.7 Å². The van der Waals surface area contributed by atoms with Crippen LogP contribution in [-0.4, -0.2) is 113 Å². The van der Waals surface area contributed by atoms with Gasteiger partial charge < -0.3 is 41.0 Å². The summed E-state index contributed by atoms with van der Waals surface area (Å²) in [5.74, 6) is -4.07. The smallest absolute Gasteiger partial charge is 0.410 e. The first-order chi connectivity index (χ1) is 28.2. The van der Waals surface area contributed by atoms with Crippen molar-refractivity contribution in [1.29, 1.82) is 0 Å². The van der Waals surface area contributed by atoms with Crippen LogP contribution in [0.2, 0.25) is 0 Å². The quantitative estimate of drug-likeness (QED) is 0.0695. The number of ether oxygens (including phenoxy) is 2. The zero-order chi connectivity index (χ0) is 43.0. The number of unbranched alkanes of at least 4 members (excludes halogenated alkanes) is 1. The summed E-state index contributed by atoms with van der Waals surface area (Å²) in [6, 6.07) is 14.2. The normalized spacial score (nSPS) is 18.9. The highest BCUT2D eigenvalue weighted by Crippen LogP contribution is 2.47. The number of hydrogen-bond acceptors (Lipinski definition) is 10. The first kappa shape index (κ1) is 46.9. The van der Waals surface area contributed by atoms with Crippen molar-refractivity contribution in [3.05, 3.63) is 71.8 Å². The maximum atomic E-state index is 14.2. The maximum Gasteiger partial charge on any atom is 0.410 e. The third-order valence-electron chi connectivity index (χ3n) is 10.7. The minimum Gasteiger partial charge on any atom is -0.467 e. The van der Waals surface area contributed by atoms with Gasteiger partial charge >= 0.3 is 12.1 Å². The van der Waals surface area contributed by atoms with Crippen molar-refractivity contribution in [3.63, 3.8) is 0 Å². The molecule has 6 N–H and O–H groups in total. The Hall–Kier alpha value is -4.79.